The number of phenolic OH excluding ortho intramolecular Hbond substituents is 1. The van der Waals surface area contributed by atoms with Gasteiger partial charge in [-0.05, 0) is 37.6 Å². The molecule has 6 heteroatoms. The lowest BCUT2D eigenvalue weighted by Gasteiger charge is -2.32. The van der Waals surface area contributed by atoms with Crippen LogP contribution in [0, 0.1) is 5.82 Å². The average molecular weight is 280 g/mol. The van der Waals surface area contributed by atoms with E-state index in [1.165, 1.54) is 0 Å². The number of nitrogens with two attached hydrogens (primary N) is 1. The maximum atomic E-state index is 13.1. The van der Waals surface area contributed by atoms with Crippen molar-refractivity contribution >= 4 is 11.7 Å². The Labute approximate surface area is 116 Å². The Kier molecular flexibility index (Phi) is 4.34. The Morgan fingerprint density at radius 3 is 2.85 bits per heavy atom. The summed E-state index contributed by atoms with van der Waals surface area (Å²) in [4.78, 5) is 25.2. The summed E-state index contributed by atoms with van der Waals surface area (Å²) in [6.45, 7) is 0.542. The van der Waals surface area contributed by atoms with Gasteiger partial charge in [-0.2, -0.15) is 0 Å². The molecule has 0 aromatic heterocycles. The number of hydrogen-bond donors (Lipinski definition) is 2. The van der Waals surface area contributed by atoms with Gasteiger partial charge in [0.2, 0.25) is 5.91 Å². The molecule has 1 saturated heterocycles. The molecule has 1 unspecified atom stereocenters. The van der Waals surface area contributed by atoms with Crippen LogP contribution < -0.4 is 5.73 Å². The lowest BCUT2D eigenvalue weighted by molar-refractivity contribution is -0.124. The lowest BCUT2D eigenvalue weighted by Crippen LogP contribution is -2.49. The molecule has 1 atom stereocenters. The summed E-state index contributed by atoms with van der Waals surface area (Å²) in [5.41, 5.74) is 5.25. The fourth-order valence-electron chi connectivity index (χ4n) is 2.50. The number of likely N-dealkylation sites (tertiary alicyclic amines) is 1. The molecular formula is C14H17FN2O3. The molecule has 1 aromatic carbocycles. The summed E-state index contributed by atoms with van der Waals surface area (Å²) in [5.74, 6) is -1.73. The highest BCUT2D eigenvalue weighted by molar-refractivity contribution is 6.00. The molecule has 1 aliphatic heterocycles. The van der Waals surface area contributed by atoms with E-state index in [2.05, 4.69) is 0 Å². The van der Waals surface area contributed by atoms with Gasteiger partial charge >= 0.3 is 0 Å². The van der Waals surface area contributed by atoms with Crippen LogP contribution in [0.25, 0.3) is 0 Å². The number of carbonyl (C=O) groups is 2. The average Bonchev–Trinajstić information content (AvgIpc) is 2.41. The maximum absolute atomic E-state index is 13.1. The Balaban J connectivity index is 2.13. The number of aromatic hydroxyl groups is 1. The topological polar surface area (TPSA) is 83.6 Å². The van der Waals surface area contributed by atoms with E-state index in [4.69, 9.17) is 5.73 Å². The maximum Gasteiger partial charge on any atom is 0.234 e. The normalized spacial score (nSPS) is 19.8. The predicted molar refractivity (Wildman–Crippen MR) is 70.8 cm³/mol. The first-order chi connectivity index (χ1) is 9.49. The number of Topliss-reactive ketones (excluding diaryl/α,β-unsaturated/α-hetero) is 1. The molecule has 0 aliphatic carbocycles. The number of halogens is 1. The van der Waals surface area contributed by atoms with Crippen molar-refractivity contribution in [2.24, 2.45) is 5.73 Å². The number of primary amides is 1. The highest BCUT2D eigenvalue weighted by Crippen LogP contribution is 2.21. The third-order valence-corrected chi connectivity index (χ3v) is 3.55. The zero-order valence-electron chi connectivity index (χ0n) is 11.0. The number of benzene rings is 1. The van der Waals surface area contributed by atoms with Gasteiger partial charge in [0.05, 0.1) is 18.2 Å². The van der Waals surface area contributed by atoms with Crippen LogP contribution in [-0.2, 0) is 4.79 Å². The molecule has 1 aliphatic rings. The van der Waals surface area contributed by atoms with Crippen molar-refractivity contribution in [3.63, 3.8) is 0 Å². The van der Waals surface area contributed by atoms with Crippen molar-refractivity contribution in [2.75, 3.05) is 13.1 Å². The molecule has 1 amide bonds. The molecule has 5 nitrogen and oxygen atoms in total. The fraction of sp³-hybridized carbons (Fsp3) is 0.429. The van der Waals surface area contributed by atoms with Crippen LogP contribution >= 0.6 is 0 Å². The van der Waals surface area contributed by atoms with E-state index in [1.54, 1.807) is 4.90 Å². The van der Waals surface area contributed by atoms with E-state index >= 15 is 0 Å². The summed E-state index contributed by atoms with van der Waals surface area (Å²) < 4.78 is 13.1. The van der Waals surface area contributed by atoms with E-state index in [0.29, 0.717) is 13.0 Å². The predicted octanol–water partition coefficient (Wildman–Crippen LogP) is 1.05. The van der Waals surface area contributed by atoms with E-state index in [-0.39, 0.29) is 17.9 Å². The molecule has 1 heterocycles. The van der Waals surface area contributed by atoms with Gasteiger partial charge in [0.25, 0.3) is 0 Å². The van der Waals surface area contributed by atoms with Gasteiger partial charge in [0.1, 0.15) is 11.6 Å². The second-order valence-corrected chi connectivity index (χ2v) is 4.97. The molecule has 2 rings (SSSR count). The van der Waals surface area contributed by atoms with Crippen LogP contribution in [0.5, 0.6) is 5.75 Å². The Bertz CT molecular complexity index is 533. The van der Waals surface area contributed by atoms with E-state index in [1.807, 2.05) is 0 Å². The smallest absolute Gasteiger partial charge is 0.234 e. The summed E-state index contributed by atoms with van der Waals surface area (Å²) in [5, 5.41) is 9.61. The minimum atomic E-state index is -0.587. The molecule has 1 aromatic rings. The molecule has 20 heavy (non-hydrogen) atoms. The number of amides is 1. The van der Waals surface area contributed by atoms with Crippen molar-refractivity contribution in [1.29, 1.82) is 0 Å². The summed E-state index contributed by atoms with van der Waals surface area (Å²) in [6, 6.07) is 2.76. The van der Waals surface area contributed by atoms with Gasteiger partial charge in [0, 0.05) is 0 Å². The zero-order valence-corrected chi connectivity index (χ0v) is 11.0. The molecule has 108 valence electrons. The molecule has 0 bridgehead atoms. The Morgan fingerprint density at radius 2 is 2.15 bits per heavy atom. The van der Waals surface area contributed by atoms with Gasteiger partial charge in [-0.25, -0.2) is 4.39 Å². The van der Waals surface area contributed by atoms with Gasteiger partial charge < -0.3 is 10.8 Å². The number of carbonyl (C=O) groups excluding carboxylic acids is 2. The second kappa shape index (κ2) is 6.00. The number of hydrogen-bond acceptors (Lipinski definition) is 4. The fourth-order valence-corrected chi connectivity index (χ4v) is 2.50. The first-order valence-electron chi connectivity index (χ1n) is 6.54. The molecule has 1 fully saturated rings. The number of rotatable bonds is 4. The van der Waals surface area contributed by atoms with E-state index in [9.17, 15) is 19.1 Å². The van der Waals surface area contributed by atoms with Gasteiger partial charge in [-0.1, -0.05) is 6.42 Å². The van der Waals surface area contributed by atoms with Crippen LogP contribution in [0.15, 0.2) is 18.2 Å². The first-order valence-corrected chi connectivity index (χ1v) is 6.54. The zero-order chi connectivity index (χ0) is 14.7. The third-order valence-electron chi connectivity index (χ3n) is 3.55. The number of phenols is 1. The molecule has 0 radical (unpaired) electrons. The summed E-state index contributed by atoms with van der Waals surface area (Å²) in [6.07, 6.45) is 2.40. The van der Waals surface area contributed by atoms with E-state index in [0.717, 1.165) is 31.0 Å². The Morgan fingerprint density at radius 1 is 1.40 bits per heavy atom. The molecule has 0 spiro atoms. The number of ketones is 1. The second-order valence-electron chi connectivity index (χ2n) is 4.97. The Hall–Kier alpha value is -1.95. The van der Waals surface area contributed by atoms with Gasteiger partial charge in [-0.15, -0.1) is 0 Å². The van der Waals surface area contributed by atoms with Crippen LogP contribution in [0.3, 0.4) is 0 Å². The van der Waals surface area contributed by atoms with Crippen molar-refractivity contribution in [1.82, 2.24) is 4.90 Å². The SMILES string of the molecule is NC(=O)C1CCCCN1CC(=O)c1cc(F)ccc1O. The lowest BCUT2D eigenvalue weighted by atomic mass is 10.00. The largest absolute Gasteiger partial charge is 0.507 e. The van der Waals surface area contributed by atoms with Gasteiger partial charge in [0.15, 0.2) is 5.78 Å². The molecule has 0 saturated carbocycles. The van der Waals surface area contributed by atoms with E-state index < -0.39 is 23.5 Å². The van der Waals surface area contributed by atoms with Crippen molar-refractivity contribution in [3.05, 3.63) is 29.6 Å². The van der Waals surface area contributed by atoms with Crippen LogP contribution in [0.1, 0.15) is 29.6 Å². The summed E-state index contributed by atoms with van der Waals surface area (Å²) >= 11 is 0. The van der Waals surface area contributed by atoms with Crippen LogP contribution in [0.2, 0.25) is 0 Å². The minimum Gasteiger partial charge on any atom is -0.507 e. The monoisotopic (exact) mass is 280 g/mol. The molecule has 3 N–H and O–H groups in total. The van der Waals surface area contributed by atoms with Crippen LogP contribution in [-0.4, -0.2) is 40.8 Å². The third kappa shape index (κ3) is 3.14. The van der Waals surface area contributed by atoms with Crippen molar-refractivity contribution in [3.8, 4) is 5.75 Å². The van der Waals surface area contributed by atoms with Gasteiger partial charge in [-0.3, -0.25) is 14.5 Å². The van der Waals surface area contributed by atoms with Crippen molar-refractivity contribution < 1.29 is 19.1 Å². The minimum absolute atomic E-state index is 0.0510. The number of piperidine rings is 1. The highest BCUT2D eigenvalue weighted by atomic mass is 19.1. The quantitative estimate of drug-likeness (QED) is 0.808. The highest BCUT2D eigenvalue weighted by Gasteiger charge is 2.29. The number of nitrogens with zero attached hydrogens (tertiary/aromatic N) is 1. The van der Waals surface area contributed by atoms with Crippen molar-refractivity contribution in [2.45, 2.75) is 25.3 Å². The first kappa shape index (κ1) is 14.5. The van der Waals surface area contributed by atoms with Crippen LogP contribution in [0.4, 0.5) is 4.39 Å². The summed E-state index contributed by atoms with van der Waals surface area (Å²) in [7, 11) is 0. The standard InChI is InChI=1S/C14H17FN2O3/c15-9-4-5-12(18)10(7-9)13(19)8-17-6-2-1-3-11(17)14(16)20/h4-5,7,11,18H,1-3,6,8H2,(H2,16,20). The molecular weight excluding hydrogens is 263 g/mol.